The van der Waals surface area contributed by atoms with Gasteiger partial charge in [-0.2, -0.15) is 0 Å². The van der Waals surface area contributed by atoms with Crippen molar-refractivity contribution in [2.75, 3.05) is 24.1 Å². The molecule has 0 radical (unpaired) electrons. The number of imide groups is 1. The number of nitrogen functional groups attached to an aromatic ring is 1. The van der Waals surface area contributed by atoms with Gasteiger partial charge in [-0.3, -0.25) is 19.3 Å². The van der Waals surface area contributed by atoms with E-state index >= 15 is 0 Å². The number of nitrogens with one attached hydrogen (secondary N) is 1. The number of ketones is 1. The molecule has 3 N–H and O–H groups in total. The maximum atomic E-state index is 13.0. The van der Waals surface area contributed by atoms with Crippen LogP contribution in [-0.4, -0.2) is 35.6 Å². The molecule has 0 saturated heterocycles. The van der Waals surface area contributed by atoms with Crippen LogP contribution in [0.15, 0.2) is 84.9 Å². The van der Waals surface area contributed by atoms with Gasteiger partial charge in [-0.05, 0) is 72.5 Å². The molecular weight excluding hydrogens is 426 g/mol. The highest BCUT2D eigenvalue weighted by atomic mass is 16.2. The van der Waals surface area contributed by atoms with Crippen LogP contribution >= 0.6 is 0 Å². The van der Waals surface area contributed by atoms with E-state index in [1.807, 2.05) is 36.4 Å². The van der Waals surface area contributed by atoms with Gasteiger partial charge >= 0.3 is 0 Å². The van der Waals surface area contributed by atoms with E-state index in [1.54, 1.807) is 48.5 Å². The number of anilines is 2. The lowest BCUT2D eigenvalue weighted by molar-refractivity contribution is 0.0610. The number of benzene rings is 4. The first-order valence-electron chi connectivity index (χ1n) is 11.1. The Morgan fingerprint density at radius 1 is 0.765 bits per heavy atom. The molecule has 0 bridgehead atoms. The standard InChI is InChI=1S/C28H23N3O3/c29-21-12-8-19(9-13-21)26(32)20-10-14-22(15-11-20)30-16-3-17-31-27(33)23-6-1-4-18-5-2-7-24(25(18)23)28(31)34/h1-2,4-15,30H,3,16-17,29H2. The van der Waals surface area contributed by atoms with Crippen molar-refractivity contribution in [2.45, 2.75) is 6.42 Å². The van der Waals surface area contributed by atoms with Gasteiger partial charge in [-0.25, -0.2) is 0 Å². The Balaban J connectivity index is 1.19. The Labute approximate surface area is 197 Å². The maximum absolute atomic E-state index is 13.0. The van der Waals surface area contributed by atoms with Crippen molar-refractivity contribution in [1.82, 2.24) is 4.90 Å². The molecule has 4 aromatic carbocycles. The number of carbonyl (C=O) groups is 3. The lowest BCUT2D eigenvalue weighted by Crippen LogP contribution is -2.41. The van der Waals surface area contributed by atoms with Crippen LogP contribution in [0.1, 0.15) is 43.1 Å². The molecule has 0 atom stereocenters. The third-order valence-corrected chi connectivity index (χ3v) is 6.06. The Morgan fingerprint density at radius 2 is 1.32 bits per heavy atom. The molecule has 1 aliphatic heterocycles. The van der Waals surface area contributed by atoms with E-state index < -0.39 is 0 Å². The normalized spacial score (nSPS) is 12.8. The molecule has 5 rings (SSSR count). The van der Waals surface area contributed by atoms with Gasteiger partial charge in [0.25, 0.3) is 11.8 Å². The second-order valence-corrected chi connectivity index (χ2v) is 8.28. The summed E-state index contributed by atoms with van der Waals surface area (Å²) in [4.78, 5) is 39.8. The highest BCUT2D eigenvalue weighted by Crippen LogP contribution is 2.30. The number of nitrogens with zero attached hydrogens (tertiary/aromatic N) is 1. The molecular formula is C28H23N3O3. The monoisotopic (exact) mass is 449 g/mol. The first-order chi connectivity index (χ1) is 16.5. The quantitative estimate of drug-likeness (QED) is 0.184. The average molecular weight is 450 g/mol. The fraction of sp³-hybridized carbons (Fsp3) is 0.107. The van der Waals surface area contributed by atoms with E-state index in [2.05, 4.69) is 5.32 Å². The largest absolute Gasteiger partial charge is 0.399 e. The van der Waals surface area contributed by atoms with Gasteiger partial charge in [0, 0.05) is 52.1 Å². The first kappa shape index (κ1) is 21.4. The van der Waals surface area contributed by atoms with Crippen LogP contribution < -0.4 is 11.1 Å². The molecule has 6 heteroatoms. The third-order valence-electron chi connectivity index (χ3n) is 6.06. The highest BCUT2D eigenvalue weighted by molar-refractivity contribution is 6.25. The van der Waals surface area contributed by atoms with Gasteiger partial charge in [0.1, 0.15) is 0 Å². The van der Waals surface area contributed by atoms with Crippen molar-refractivity contribution >= 4 is 39.7 Å². The molecule has 168 valence electrons. The summed E-state index contributed by atoms with van der Waals surface area (Å²) in [6, 6.07) is 25.2. The van der Waals surface area contributed by atoms with Crippen LogP contribution in [0.25, 0.3) is 10.8 Å². The summed E-state index contributed by atoms with van der Waals surface area (Å²) >= 11 is 0. The summed E-state index contributed by atoms with van der Waals surface area (Å²) in [7, 11) is 0. The topological polar surface area (TPSA) is 92.5 Å². The Hall–Kier alpha value is -4.45. The van der Waals surface area contributed by atoms with E-state index in [4.69, 9.17) is 5.73 Å². The molecule has 0 fully saturated rings. The van der Waals surface area contributed by atoms with Gasteiger partial charge in [-0.15, -0.1) is 0 Å². The summed E-state index contributed by atoms with van der Waals surface area (Å²) in [6.07, 6.45) is 0.599. The first-order valence-corrected chi connectivity index (χ1v) is 11.1. The van der Waals surface area contributed by atoms with Crippen molar-refractivity contribution < 1.29 is 14.4 Å². The number of nitrogens with two attached hydrogens (primary N) is 1. The number of hydrogen-bond donors (Lipinski definition) is 2. The van der Waals surface area contributed by atoms with E-state index in [0.717, 1.165) is 16.5 Å². The molecule has 1 aliphatic rings. The van der Waals surface area contributed by atoms with Crippen LogP contribution in [0.2, 0.25) is 0 Å². The Bertz CT molecular complexity index is 1360. The molecule has 4 aromatic rings. The minimum atomic E-state index is -0.250. The van der Waals surface area contributed by atoms with E-state index in [-0.39, 0.29) is 17.6 Å². The van der Waals surface area contributed by atoms with Crippen molar-refractivity contribution in [3.63, 3.8) is 0 Å². The predicted octanol–water partition coefficient (Wildman–Crippen LogP) is 4.75. The smallest absolute Gasteiger partial charge is 0.261 e. The van der Waals surface area contributed by atoms with Crippen LogP contribution in [0.3, 0.4) is 0 Å². The number of carbonyl (C=O) groups excluding carboxylic acids is 3. The minimum Gasteiger partial charge on any atom is -0.399 e. The molecule has 34 heavy (non-hydrogen) atoms. The fourth-order valence-corrected chi connectivity index (χ4v) is 4.29. The Kier molecular flexibility index (Phi) is 5.55. The van der Waals surface area contributed by atoms with Crippen LogP contribution in [0.5, 0.6) is 0 Å². The number of hydrogen-bond acceptors (Lipinski definition) is 5. The van der Waals surface area contributed by atoms with E-state index in [0.29, 0.717) is 47.5 Å². The molecule has 0 saturated carbocycles. The molecule has 0 aromatic heterocycles. The molecule has 0 unspecified atom stereocenters. The van der Waals surface area contributed by atoms with Gasteiger partial charge in [-0.1, -0.05) is 24.3 Å². The van der Waals surface area contributed by atoms with Gasteiger partial charge in [0.15, 0.2) is 5.78 Å². The molecule has 0 aliphatic carbocycles. The maximum Gasteiger partial charge on any atom is 0.261 e. The average Bonchev–Trinajstić information content (AvgIpc) is 2.87. The Morgan fingerprint density at radius 3 is 1.91 bits per heavy atom. The minimum absolute atomic E-state index is 0.0658. The zero-order valence-corrected chi connectivity index (χ0v) is 18.5. The fourth-order valence-electron chi connectivity index (χ4n) is 4.29. The molecule has 2 amide bonds. The lowest BCUT2D eigenvalue weighted by Gasteiger charge is -2.27. The summed E-state index contributed by atoms with van der Waals surface area (Å²) < 4.78 is 0. The molecule has 6 nitrogen and oxygen atoms in total. The van der Waals surface area contributed by atoms with Crippen molar-refractivity contribution in [3.05, 3.63) is 107 Å². The second-order valence-electron chi connectivity index (χ2n) is 8.28. The van der Waals surface area contributed by atoms with Crippen molar-refractivity contribution in [3.8, 4) is 0 Å². The van der Waals surface area contributed by atoms with Crippen LogP contribution in [0.4, 0.5) is 11.4 Å². The zero-order valence-electron chi connectivity index (χ0n) is 18.5. The van der Waals surface area contributed by atoms with E-state index in [1.165, 1.54) is 4.90 Å². The SMILES string of the molecule is Nc1ccc(C(=O)c2ccc(NCCCN3C(=O)c4cccc5cccc(c45)C3=O)cc2)cc1. The van der Waals surface area contributed by atoms with Crippen molar-refractivity contribution in [1.29, 1.82) is 0 Å². The van der Waals surface area contributed by atoms with Crippen molar-refractivity contribution in [2.24, 2.45) is 0 Å². The lowest BCUT2D eigenvalue weighted by atomic mass is 9.94. The van der Waals surface area contributed by atoms with Gasteiger partial charge < -0.3 is 11.1 Å². The van der Waals surface area contributed by atoms with Crippen LogP contribution in [0, 0.1) is 0 Å². The number of rotatable bonds is 7. The zero-order chi connectivity index (χ0) is 23.7. The summed E-state index contributed by atoms with van der Waals surface area (Å²) in [5.74, 6) is -0.566. The van der Waals surface area contributed by atoms with E-state index in [9.17, 15) is 14.4 Å². The summed E-state index contributed by atoms with van der Waals surface area (Å²) in [5.41, 5.74) is 9.48. The van der Waals surface area contributed by atoms with Gasteiger partial charge in [0.2, 0.25) is 0 Å². The van der Waals surface area contributed by atoms with Crippen LogP contribution in [-0.2, 0) is 0 Å². The summed E-state index contributed by atoms with van der Waals surface area (Å²) in [5, 5.41) is 4.93. The summed E-state index contributed by atoms with van der Waals surface area (Å²) in [6.45, 7) is 0.900. The highest BCUT2D eigenvalue weighted by Gasteiger charge is 2.32. The third kappa shape index (κ3) is 3.90. The molecule has 1 heterocycles. The second kappa shape index (κ2) is 8.83. The molecule has 0 spiro atoms. The number of amides is 2. The predicted molar refractivity (Wildman–Crippen MR) is 133 cm³/mol. The van der Waals surface area contributed by atoms with Gasteiger partial charge in [0.05, 0.1) is 0 Å².